The highest BCUT2D eigenvalue weighted by molar-refractivity contribution is 9.10. The number of thioether (sulfide) groups is 1. The quantitative estimate of drug-likeness (QED) is 0.851. The van der Waals surface area contributed by atoms with Gasteiger partial charge in [0.2, 0.25) is 5.91 Å². The van der Waals surface area contributed by atoms with Gasteiger partial charge in [-0.25, -0.2) is 0 Å². The zero-order chi connectivity index (χ0) is 15.4. The molecule has 0 radical (unpaired) electrons. The van der Waals surface area contributed by atoms with Crippen LogP contribution in [0.1, 0.15) is 6.42 Å². The Kier molecular flexibility index (Phi) is 5.46. The van der Waals surface area contributed by atoms with Crippen molar-refractivity contribution in [3.8, 4) is 0 Å². The number of carbonyl (C=O) groups is 2. The molecule has 6 nitrogen and oxygen atoms in total. The highest BCUT2D eigenvalue weighted by Gasteiger charge is 2.28. The summed E-state index contributed by atoms with van der Waals surface area (Å²) in [5.41, 5.74) is -0.257. The van der Waals surface area contributed by atoms with E-state index < -0.39 is 5.97 Å². The molecule has 1 amide bonds. The zero-order valence-electron chi connectivity index (χ0n) is 11.2. The van der Waals surface area contributed by atoms with Crippen LogP contribution in [0.3, 0.4) is 0 Å². The SMILES string of the molecule is O=C(O)CC1CSCCN1C(=O)Cn1cc(Br)ccc1=O. The maximum Gasteiger partial charge on any atom is 0.305 e. The number of carboxylic acids is 1. The van der Waals surface area contributed by atoms with Crippen LogP contribution >= 0.6 is 27.7 Å². The molecule has 1 aromatic rings. The van der Waals surface area contributed by atoms with Crippen molar-refractivity contribution >= 4 is 39.6 Å². The molecule has 2 heterocycles. The molecule has 1 N–H and O–H groups in total. The molecule has 0 bridgehead atoms. The van der Waals surface area contributed by atoms with E-state index in [1.807, 2.05) is 0 Å². The van der Waals surface area contributed by atoms with Crippen LogP contribution in [0, 0.1) is 0 Å². The third-order valence-corrected chi connectivity index (χ3v) is 4.77. The number of aliphatic carboxylic acids is 1. The summed E-state index contributed by atoms with van der Waals surface area (Å²) in [4.78, 5) is 36.6. The van der Waals surface area contributed by atoms with Gasteiger partial charge in [-0.15, -0.1) is 0 Å². The second kappa shape index (κ2) is 7.13. The van der Waals surface area contributed by atoms with Crippen molar-refractivity contribution in [2.45, 2.75) is 19.0 Å². The lowest BCUT2D eigenvalue weighted by atomic mass is 10.2. The van der Waals surface area contributed by atoms with E-state index in [-0.39, 0.29) is 30.5 Å². The van der Waals surface area contributed by atoms with E-state index in [4.69, 9.17) is 5.11 Å². The maximum absolute atomic E-state index is 12.4. The number of aromatic nitrogens is 1. The minimum atomic E-state index is -0.917. The summed E-state index contributed by atoms with van der Waals surface area (Å²) in [6.07, 6.45) is 1.50. The van der Waals surface area contributed by atoms with Crippen LogP contribution in [-0.2, 0) is 16.1 Å². The summed E-state index contributed by atoms with van der Waals surface area (Å²) in [6.45, 7) is 0.448. The third kappa shape index (κ3) is 4.34. The van der Waals surface area contributed by atoms with Gasteiger partial charge in [0.15, 0.2) is 0 Å². The van der Waals surface area contributed by atoms with Gasteiger partial charge in [0.05, 0.1) is 12.5 Å². The monoisotopic (exact) mass is 374 g/mol. The fourth-order valence-electron chi connectivity index (χ4n) is 2.22. The number of nitrogens with zero attached hydrogens (tertiary/aromatic N) is 2. The van der Waals surface area contributed by atoms with E-state index in [1.165, 1.54) is 10.6 Å². The highest BCUT2D eigenvalue weighted by atomic mass is 79.9. The molecule has 0 aromatic carbocycles. The Labute approximate surface area is 134 Å². The van der Waals surface area contributed by atoms with Gasteiger partial charge < -0.3 is 14.6 Å². The molecular weight excluding hydrogens is 360 g/mol. The molecule has 1 atom stereocenters. The second-order valence-corrected chi connectivity index (χ2v) is 6.79. The van der Waals surface area contributed by atoms with Gasteiger partial charge in [0.1, 0.15) is 6.54 Å². The predicted molar refractivity (Wildman–Crippen MR) is 83.5 cm³/mol. The number of halogens is 1. The molecule has 1 aliphatic heterocycles. The molecule has 1 unspecified atom stereocenters. The number of rotatable bonds is 4. The van der Waals surface area contributed by atoms with Crippen LogP contribution in [-0.4, -0.2) is 50.5 Å². The summed E-state index contributed by atoms with van der Waals surface area (Å²) < 4.78 is 2.04. The van der Waals surface area contributed by atoms with Crippen LogP contribution in [0.2, 0.25) is 0 Å². The van der Waals surface area contributed by atoms with Crippen molar-refractivity contribution in [2.75, 3.05) is 18.1 Å². The first kappa shape index (κ1) is 16.1. The molecule has 1 aromatic heterocycles. The second-order valence-electron chi connectivity index (χ2n) is 4.73. The lowest BCUT2D eigenvalue weighted by Crippen LogP contribution is -2.48. The zero-order valence-corrected chi connectivity index (χ0v) is 13.6. The Hall–Kier alpha value is -1.28. The molecular formula is C13H15BrN2O4S. The number of amides is 1. The molecule has 1 aliphatic rings. The van der Waals surface area contributed by atoms with Gasteiger partial charge in [0, 0.05) is 34.8 Å². The standard InChI is InChI=1S/C13H15BrN2O4S/c14-9-1-2-11(17)15(6-9)7-12(18)16-3-4-21-8-10(16)5-13(19)20/h1-2,6,10H,3-5,7-8H2,(H,19,20). The van der Waals surface area contributed by atoms with E-state index in [9.17, 15) is 14.4 Å². The molecule has 1 fully saturated rings. The molecule has 114 valence electrons. The Balaban J connectivity index is 2.12. The summed E-state index contributed by atoms with van der Waals surface area (Å²) in [5, 5.41) is 8.93. The summed E-state index contributed by atoms with van der Waals surface area (Å²) in [6, 6.07) is 2.70. The smallest absolute Gasteiger partial charge is 0.305 e. The minimum Gasteiger partial charge on any atom is -0.481 e. The molecule has 0 aliphatic carbocycles. The number of carboxylic acid groups (broad SMARTS) is 1. The maximum atomic E-state index is 12.4. The third-order valence-electron chi connectivity index (χ3n) is 3.21. The normalized spacial score (nSPS) is 18.5. The first-order valence-electron chi connectivity index (χ1n) is 6.42. The van der Waals surface area contributed by atoms with Crippen LogP contribution < -0.4 is 5.56 Å². The largest absolute Gasteiger partial charge is 0.481 e. The Bertz CT molecular complexity index is 604. The number of carbonyl (C=O) groups excluding carboxylic acids is 1. The summed E-state index contributed by atoms with van der Waals surface area (Å²) >= 11 is 4.91. The average molecular weight is 375 g/mol. The predicted octanol–water partition coefficient (Wildman–Crippen LogP) is 1.03. The topological polar surface area (TPSA) is 79.6 Å². The van der Waals surface area contributed by atoms with Gasteiger partial charge in [-0.3, -0.25) is 14.4 Å². The van der Waals surface area contributed by atoms with E-state index in [1.54, 1.807) is 28.9 Å². The van der Waals surface area contributed by atoms with Crippen LogP contribution in [0.15, 0.2) is 27.6 Å². The Morgan fingerprint density at radius 1 is 1.43 bits per heavy atom. The molecule has 0 spiro atoms. The number of hydrogen-bond acceptors (Lipinski definition) is 4. The minimum absolute atomic E-state index is 0.0634. The van der Waals surface area contributed by atoms with Crippen molar-refractivity contribution in [3.63, 3.8) is 0 Å². The number of hydrogen-bond donors (Lipinski definition) is 1. The molecule has 0 saturated carbocycles. The van der Waals surface area contributed by atoms with Crippen LogP contribution in [0.25, 0.3) is 0 Å². The molecule has 2 rings (SSSR count). The van der Waals surface area contributed by atoms with E-state index in [0.29, 0.717) is 16.8 Å². The van der Waals surface area contributed by atoms with Gasteiger partial charge in [-0.2, -0.15) is 11.8 Å². The van der Waals surface area contributed by atoms with E-state index in [0.717, 1.165) is 5.75 Å². The van der Waals surface area contributed by atoms with E-state index >= 15 is 0 Å². The van der Waals surface area contributed by atoms with E-state index in [2.05, 4.69) is 15.9 Å². The van der Waals surface area contributed by atoms with Crippen molar-refractivity contribution in [2.24, 2.45) is 0 Å². The average Bonchev–Trinajstić information content (AvgIpc) is 2.42. The van der Waals surface area contributed by atoms with Crippen molar-refractivity contribution in [3.05, 3.63) is 33.2 Å². The van der Waals surface area contributed by atoms with Crippen molar-refractivity contribution in [1.29, 1.82) is 0 Å². The molecule has 21 heavy (non-hydrogen) atoms. The van der Waals surface area contributed by atoms with Crippen LogP contribution in [0.4, 0.5) is 0 Å². The first-order valence-corrected chi connectivity index (χ1v) is 8.37. The Morgan fingerprint density at radius 2 is 2.19 bits per heavy atom. The Morgan fingerprint density at radius 3 is 2.90 bits per heavy atom. The van der Waals surface area contributed by atoms with Crippen molar-refractivity contribution in [1.82, 2.24) is 9.47 Å². The van der Waals surface area contributed by atoms with Gasteiger partial charge in [0.25, 0.3) is 5.56 Å². The van der Waals surface area contributed by atoms with Gasteiger partial charge in [-0.1, -0.05) is 0 Å². The fraction of sp³-hybridized carbons (Fsp3) is 0.462. The van der Waals surface area contributed by atoms with Crippen LogP contribution in [0.5, 0.6) is 0 Å². The molecule has 1 saturated heterocycles. The lowest BCUT2D eigenvalue weighted by Gasteiger charge is -2.34. The highest BCUT2D eigenvalue weighted by Crippen LogP contribution is 2.19. The molecule has 8 heteroatoms. The van der Waals surface area contributed by atoms with Gasteiger partial charge >= 0.3 is 5.97 Å². The number of pyridine rings is 1. The summed E-state index contributed by atoms with van der Waals surface area (Å²) in [5.74, 6) is 0.266. The van der Waals surface area contributed by atoms with Crippen molar-refractivity contribution < 1.29 is 14.7 Å². The lowest BCUT2D eigenvalue weighted by molar-refractivity contribution is -0.140. The van der Waals surface area contributed by atoms with Gasteiger partial charge in [-0.05, 0) is 22.0 Å². The summed E-state index contributed by atoms with van der Waals surface area (Å²) in [7, 11) is 0. The first-order chi connectivity index (χ1) is 9.97. The fourth-order valence-corrected chi connectivity index (χ4v) is 3.66.